The number of aliphatic hydroxyl groups is 1. The molecule has 504 valence electrons. The zero-order valence-corrected chi connectivity index (χ0v) is 51.4. The molecule has 12 rings (SSSR count). The second kappa shape index (κ2) is 33.7. The van der Waals surface area contributed by atoms with Gasteiger partial charge < -0.3 is 60.1 Å². The van der Waals surface area contributed by atoms with E-state index in [-0.39, 0.29) is 58.6 Å². The normalized spacial score (nSPS) is 16.1. The van der Waals surface area contributed by atoms with E-state index in [4.69, 9.17) is 21.4 Å². The number of piperazine rings is 2. The molecule has 0 radical (unpaired) electrons. The highest BCUT2D eigenvalue weighted by atomic mass is 35.5. The lowest BCUT2D eigenvalue weighted by molar-refractivity contribution is -0.138. The number of pyridine rings is 2. The second-order valence-corrected chi connectivity index (χ2v) is 22.1. The first kappa shape index (κ1) is 72.4. The standard InChI is InChI=1S/C17H18FN3O3.C15H14F3NO3.C13H9F2NO3.C8H13NO2.C7H2ClF3O.C4H10N2/c18-13-7-11-14(8-15(13)20-5-3-19-4-6-20)21(10-1-2-10)9-12(16(11)22)17(23)24;1-2-22-15(21)10(7-19-8-3-4-8)14(20)9-5-12(17)13(18)6-11(9)16;14-9-3-7-11(4-10(9)15)16(6-1-2-6)5-8(12(7)17)13(18)19;1-2-11-8(10)5-6-9-7-3-4-7;8-7(12)3-1-5(10)6(11)2-4(3)9;1-2-6-4-3-5-1/h7-10,19H,1-6H2,(H,23,24);5-8,20H,2-4H2,1H3;3-6H,1-2H2,(H,18,19);5-7,9H,2-4H2,1H3;1-2H;5-6H,1-4H2/b;;;6-5-;;. The van der Waals surface area contributed by atoms with E-state index in [9.17, 15) is 83.3 Å². The Balaban J connectivity index is 0.000000167. The number of aliphatic imine (C=N–C) groups is 1. The fourth-order valence-corrected chi connectivity index (χ4v) is 9.25. The molecule has 0 bridgehead atoms. The Morgan fingerprint density at radius 1 is 0.564 bits per heavy atom. The number of hydrogen-bond acceptors (Lipinski definition) is 16. The Morgan fingerprint density at radius 3 is 1.47 bits per heavy atom. The number of aromatic carboxylic acids is 2. The van der Waals surface area contributed by atoms with Crippen molar-refractivity contribution in [3.8, 4) is 0 Å². The topological polar surface area (TPSA) is 272 Å². The average molecular weight is 1350 g/mol. The molecule has 94 heavy (non-hydrogen) atoms. The van der Waals surface area contributed by atoms with Crippen molar-refractivity contribution >= 4 is 80.2 Å². The van der Waals surface area contributed by atoms with Gasteiger partial charge in [0.05, 0.1) is 47.1 Å². The third-order valence-corrected chi connectivity index (χ3v) is 14.7. The fourth-order valence-electron chi connectivity index (χ4n) is 9.11. The van der Waals surface area contributed by atoms with E-state index >= 15 is 0 Å². The molecule has 6 aromatic rings. The molecule has 4 aromatic carbocycles. The van der Waals surface area contributed by atoms with Gasteiger partial charge in [0, 0.05) is 130 Å². The van der Waals surface area contributed by atoms with Gasteiger partial charge in [-0.3, -0.25) is 19.4 Å². The Kier molecular flexibility index (Phi) is 25.9. The zero-order valence-electron chi connectivity index (χ0n) is 50.6. The molecule has 4 aliphatic carbocycles. The second-order valence-electron chi connectivity index (χ2n) is 21.8. The first-order chi connectivity index (χ1) is 44.8. The van der Waals surface area contributed by atoms with E-state index in [1.54, 1.807) is 30.7 Å². The third-order valence-electron chi connectivity index (χ3n) is 14.5. The van der Waals surface area contributed by atoms with Gasteiger partial charge in [0.25, 0.3) is 5.24 Å². The number of carboxylic acid groups (broad SMARTS) is 2. The van der Waals surface area contributed by atoms with E-state index in [0.717, 1.165) is 96.1 Å². The molecule has 6 aliphatic rings. The van der Waals surface area contributed by atoms with E-state index in [0.29, 0.717) is 55.1 Å². The zero-order chi connectivity index (χ0) is 68.5. The number of fused-ring (bicyclic) bond motifs is 2. The molecule has 6 fully saturated rings. The summed E-state index contributed by atoms with van der Waals surface area (Å²) in [6.07, 6.45) is 14.5. The SMILES string of the molecule is C1CNCCN1.CCOC(=O)/C=C\NC1CC1.CCOC(=O)C(C=NC1CC1)=C(O)c1cc(F)c(F)cc1F.O=C(Cl)c1cc(F)c(F)cc1F.O=C(O)c1cn(C2CC2)c2cc(F)c(F)cc2c1=O.O=C(O)c1cn(C2CC2)c2cc(N3CCNCC3)c(F)cc2c1=O. The van der Waals surface area contributed by atoms with E-state index in [1.807, 2.05) is 9.47 Å². The summed E-state index contributed by atoms with van der Waals surface area (Å²) in [6, 6.07) is 6.93. The lowest BCUT2D eigenvalue weighted by Gasteiger charge is -2.30. The fraction of sp³-hybridized carbons (Fsp3) is 0.375. The monoisotopic (exact) mass is 1340 g/mol. The van der Waals surface area contributed by atoms with Crippen molar-refractivity contribution in [2.24, 2.45) is 4.99 Å². The van der Waals surface area contributed by atoms with Gasteiger partial charge >= 0.3 is 23.9 Å². The van der Waals surface area contributed by atoms with Crippen LogP contribution in [-0.4, -0.2) is 137 Å². The van der Waals surface area contributed by atoms with E-state index in [1.165, 1.54) is 37.4 Å². The van der Waals surface area contributed by atoms with Crippen LogP contribution in [0.2, 0.25) is 0 Å². The first-order valence-electron chi connectivity index (χ1n) is 29.8. The Bertz CT molecular complexity index is 4000. The number of nitrogens with one attached hydrogen (secondary N) is 4. The summed E-state index contributed by atoms with van der Waals surface area (Å²) < 4.78 is 131. The summed E-state index contributed by atoms with van der Waals surface area (Å²) in [7, 11) is 0. The van der Waals surface area contributed by atoms with Gasteiger partial charge in [0.2, 0.25) is 10.9 Å². The van der Waals surface area contributed by atoms with Crippen LogP contribution in [0.3, 0.4) is 0 Å². The van der Waals surface area contributed by atoms with E-state index in [2.05, 4.69) is 31.0 Å². The van der Waals surface area contributed by atoms with Crippen LogP contribution >= 0.6 is 11.6 Å². The number of carbonyl (C=O) groups is 5. The molecule has 7 N–H and O–H groups in total. The van der Waals surface area contributed by atoms with Crippen LogP contribution in [0.15, 0.2) is 93.4 Å². The number of hydrogen-bond donors (Lipinski definition) is 7. The number of nitrogens with zero attached hydrogens (tertiary/aromatic N) is 4. The minimum atomic E-state index is -1.39. The quantitative estimate of drug-likeness (QED) is 0.00959. The van der Waals surface area contributed by atoms with E-state index < -0.39 is 114 Å². The average Bonchev–Trinajstić information content (AvgIpc) is 1.63. The van der Waals surface area contributed by atoms with Crippen molar-refractivity contribution in [1.29, 1.82) is 0 Å². The largest absolute Gasteiger partial charge is 0.506 e. The Hall–Kier alpha value is -9.06. The molecular weight excluding hydrogens is 1280 g/mol. The number of carboxylic acids is 2. The molecule has 2 aromatic heterocycles. The third kappa shape index (κ3) is 20.2. The van der Waals surface area contributed by atoms with Gasteiger partial charge in [0.1, 0.15) is 39.9 Å². The van der Waals surface area contributed by atoms with Crippen LogP contribution in [0, 0.1) is 52.4 Å². The van der Waals surface area contributed by atoms with Gasteiger partial charge in [-0.25, -0.2) is 58.7 Å². The number of halogens is 10. The van der Waals surface area contributed by atoms with Crippen molar-refractivity contribution in [3.63, 3.8) is 0 Å². The van der Waals surface area contributed by atoms with Crippen molar-refractivity contribution in [2.45, 2.75) is 89.4 Å². The lowest BCUT2D eigenvalue weighted by atomic mass is 10.1. The van der Waals surface area contributed by atoms with Gasteiger partial charge in [-0.05, 0) is 107 Å². The molecular formula is C64H66ClF9N8O12. The predicted octanol–water partition coefficient (Wildman–Crippen LogP) is 9.54. The Morgan fingerprint density at radius 2 is 1.01 bits per heavy atom. The van der Waals surface area contributed by atoms with Gasteiger partial charge in [-0.1, -0.05) is 0 Å². The first-order valence-corrected chi connectivity index (χ1v) is 30.2. The minimum Gasteiger partial charge on any atom is -0.506 e. The predicted molar refractivity (Wildman–Crippen MR) is 330 cm³/mol. The minimum absolute atomic E-state index is 0.0349. The van der Waals surface area contributed by atoms with Crippen molar-refractivity contribution in [3.05, 3.63) is 174 Å². The van der Waals surface area contributed by atoms with Crippen LogP contribution in [0.1, 0.15) is 114 Å². The molecule has 2 saturated heterocycles. The summed E-state index contributed by atoms with van der Waals surface area (Å²) in [5, 5.41) is 39.9. The number of aliphatic hydroxyl groups excluding tert-OH is 1. The molecule has 0 unspecified atom stereocenters. The summed E-state index contributed by atoms with van der Waals surface area (Å²) in [6.45, 7) is 11.3. The number of benzene rings is 4. The van der Waals surface area contributed by atoms with Crippen molar-refractivity contribution in [1.82, 2.24) is 30.4 Å². The maximum absolute atomic E-state index is 14.6. The number of aromatic nitrogens is 2. The highest BCUT2D eigenvalue weighted by Crippen LogP contribution is 2.39. The lowest BCUT2D eigenvalue weighted by Crippen LogP contribution is -2.43. The van der Waals surface area contributed by atoms with Crippen molar-refractivity contribution in [2.75, 3.05) is 70.5 Å². The van der Waals surface area contributed by atoms with Crippen LogP contribution in [0.5, 0.6) is 0 Å². The molecule has 0 spiro atoms. The molecule has 0 atom stereocenters. The molecule has 4 saturated carbocycles. The smallest absolute Gasteiger partial charge is 0.343 e. The number of anilines is 1. The van der Waals surface area contributed by atoms with Gasteiger partial charge in [-0.15, -0.1) is 0 Å². The maximum atomic E-state index is 14.6. The number of ether oxygens (including phenoxy) is 2. The molecule has 4 heterocycles. The number of esters is 2. The number of rotatable bonds is 15. The molecule has 30 heteroatoms. The molecule has 2 aliphatic heterocycles. The van der Waals surface area contributed by atoms with Crippen LogP contribution in [0.4, 0.5) is 45.2 Å². The highest BCUT2D eigenvalue weighted by Gasteiger charge is 2.30. The molecule has 20 nitrogen and oxygen atoms in total. The number of carbonyl (C=O) groups excluding carboxylic acids is 3. The summed E-state index contributed by atoms with van der Waals surface area (Å²) in [5.74, 6) is -15.1. The summed E-state index contributed by atoms with van der Waals surface area (Å²) >= 11 is 4.86. The highest BCUT2D eigenvalue weighted by molar-refractivity contribution is 6.67. The Labute approximate surface area is 535 Å². The van der Waals surface area contributed by atoms with Gasteiger partial charge in [-0.2, -0.15) is 0 Å². The maximum Gasteiger partial charge on any atom is 0.343 e. The van der Waals surface area contributed by atoms with Crippen LogP contribution in [-0.2, 0) is 19.1 Å². The summed E-state index contributed by atoms with van der Waals surface area (Å²) in [4.78, 5) is 85.6. The van der Waals surface area contributed by atoms with Crippen LogP contribution in [0.25, 0.3) is 27.6 Å². The summed E-state index contributed by atoms with van der Waals surface area (Å²) in [5.41, 5.74) is -2.54. The molecule has 0 amide bonds. The van der Waals surface area contributed by atoms with Crippen LogP contribution < -0.4 is 37.0 Å². The van der Waals surface area contributed by atoms with Gasteiger partial charge in [0.15, 0.2) is 34.9 Å². The van der Waals surface area contributed by atoms with Crippen molar-refractivity contribution < 1.29 is 88.3 Å².